The van der Waals surface area contributed by atoms with E-state index >= 15 is 0 Å². The van der Waals surface area contributed by atoms with Crippen molar-refractivity contribution in [2.75, 3.05) is 37.9 Å². The summed E-state index contributed by atoms with van der Waals surface area (Å²) in [5.74, 6) is 0.911. The van der Waals surface area contributed by atoms with Gasteiger partial charge >= 0.3 is 0 Å². The molecule has 0 saturated carbocycles. The van der Waals surface area contributed by atoms with Gasteiger partial charge in [-0.25, -0.2) is 8.42 Å². The molecule has 0 spiro atoms. The molecular weight excluding hydrogens is 462 g/mol. The van der Waals surface area contributed by atoms with Crippen molar-refractivity contribution >= 4 is 33.2 Å². The molecule has 0 aliphatic heterocycles. The maximum atomic E-state index is 12.1. The lowest BCUT2D eigenvalue weighted by atomic mass is 10.2. The first-order chi connectivity index (χ1) is 16.2. The molecule has 0 aromatic heterocycles. The Morgan fingerprint density at radius 2 is 1.85 bits per heavy atom. The average molecular weight is 492 g/mol. The van der Waals surface area contributed by atoms with E-state index in [9.17, 15) is 23.3 Å². The Morgan fingerprint density at radius 3 is 2.50 bits per heavy atom. The number of carbonyl (C=O) groups excluding carboxylic acids is 1. The molecule has 0 heterocycles. The van der Waals surface area contributed by atoms with E-state index in [-0.39, 0.29) is 35.3 Å². The van der Waals surface area contributed by atoms with Crippen LogP contribution in [0.5, 0.6) is 11.5 Å². The van der Waals surface area contributed by atoms with E-state index in [1.54, 1.807) is 18.2 Å². The Balaban J connectivity index is 1.93. The molecule has 10 nitrogen and oxygen atoms in total. The van der Waals surface area contributed by atoms with Crippen LogP contribution in [0.1, 0.15) is 25.8 Å². The Hall–Kier alpha value is -3.60. The van der Waals surface area contributed by atoms with Gasteiger partial charge in [-0.15, -0.1) is 0 Å². The zero-order valence-electron chi connectivity index (χ0n) is 19.4. The highest BCUT2D eigenvalue weighted by atomic mass is 32.2. The maximum Gasteiger partial charge on any atom is 0.293 e. The molecule has 0 radical (unpaired) electrons. The monoisotopic (exact) mass is 491 g/mol. The summed E-state index contributed by atoms with van der Waals surface area (Å²) >= 11 is 0. The highest BCUT2D eigenvalue weighted by molar-refractivity contribution is 7.90. The van der Waals surface area contributed by atoms with E-state index in [0.29, 0.717) is 24.7 Å². The number of hydrogen-bond acceptors (Lipinski definition) is 8. The van der Waals surface area contributed by atoms with Crippen LogP contribution in [-0.4, -0.2) is 51.8 Å². The average Bonchev–Trinajstić information content (AvgIpc) is 2.79. The van der Waals surface area contributed by atoms with Gasteiger partial charge in [0.1, 0.15) is 5.69 Å². The van der Waals surface area contributed by atoms with E-state index in [4.69, 9.17) is 9.47 Å². The van der Waals surface area contributed by atoms with Crippen molar-refractivity contribution in [3.05, 3.63) is 58.2 Å². The van der Waals surface area contributed by atoms with E-state index < -0.39 is 14.8 Å². The number of rotatable bonds is 13. The first-order valence-electron chi connectivity index (χ1n) is 10.7. The SMILES string of the molecule is CCCOc1ccc(/C=C/C(=O)NCCNc2ccc(S(C)(=O)=O)cc2[N+](=O)[O-])cc1OCC. The van der Waals surface area contributed by atoms with Gasteiger partial charge in [0.05, 0.1) is 23.0 Å². The number of benzene rings is 2. The molecular formula is C23H29N3O7S. The molecule has 0 aliphatic rings. The van der Waals surface area contributed by atoms with Gasteiger partial charge < -0.3 is 20.1 Å². The van der Waals surface area contributed by atoms with Crippen LogP contribution >= 0.6 is 0 Å². The minimum atomic E-state index is -3.57. The van der Waals surface area contributed by atoms with Crippen molar-refractivity contribution in [2.24, 2.45) is 0 Å². The number of ether oxygens (including phenoxy) is 2. The largest absolute Gasteiger partial charge is 0.490 e. The fraction of sp³-hybridized carbons (Fsp3) is 0.348. The summed E-state index contributed by atoms with van der Waals surface area (Å²) in [5.41, 5.74) is 0.573. The summed E-state index contributed by atoms with van der Waals surface area (Å²) < 4.78 is 34.5. The lowest BCUT2D eigenvalue weighted by Gasteiger charge is -2.12. The third-order valence-corrected chi connectivity index (χ3v) is 5.60. The molecule has 0 bridgehead atoms. The number of nitro benzene ring substituents is 1. The molecule has 0 fully saturated rings. The molecule has 2 N–H and O–H groups in total. The van der Waals surface area contributed by atoms with Crippen LogP contribution in [0.3, 0.4) is 0 Å². The van der Waals surface area contributed by atoms with E-state index in [2.05, 4.69) is 10.6 Å². The molecule has 11 heteroatoms. The third kappa shape index (κ3) is 8.07. The van der Waals surface area contributed by atoms with Gasteiger partial charge in [-0.2, -0.15) is 0 Å². The topological polar surface area (TPSA) is 137 Å². The number of sulfone groups is 1. The van der Waals surface area contributed by atoms with Gasteiger partial charge in [0.25, 0.3) is 5.69 Å². The number of nitrogens with one attached hydrogen (secondary N) is 2. The van der Waals surface area contributed by atoms with E-state index in [0.717, 1.165) is 24.3 Å². The van der Waals surface area contributed by atoms with Gasteiger partial charge in [-0.05, 0) is 49.2 Å². The van der Waals surface area contributed by atoms with Gasteiger partial charge in [0, 0.05) is 31.5 Å². The number of carbonyl (C=O) groups is 1. The summed E-state index contributed by atoms with van der Waals surface area (Å²) in [6.45, 7) is 5.36. The van der Waals surface area contributed by atoms with E-state index in [1.165, 1.54) is 18.2 Å². The second-order valence-corrected chi connectivity index (χ2v) is 9.26. The van der Waals surface area contributed by atoms with E-state index in [1.807, 2.05) is 19.9 Å². The summed E-state index contributed by atoms with van der Waals surface area (Å²) in [4.78, 5) is 22.6. The molecule has 2 rings (SSSR count). The standard InChI is InChI=1S/C23H29N3O7S/c1-4-14-33-21-10-6-17(15-22(21)32-5-2)7-11-23(27)25-13-12-24-19-9-8-18(34(3,30)31)16-20(19)26(28)29/h6-11,15-16,24H,4-5,12-14H2,1-3H3,(H,25,27)/b11-7+. The maximum absolute atomic E-state index is 12.1. The molecule has 0 saturated heterocycles. The molecule has 2 aromatic rings. The second-order valence-electron chi connectivity index (χ2n) is 7.25. The number of anilines is 1. The Labute approximate surface area is 199 Å². The molecule has 34 heavy (non-hydrogen) atoms. The summed E-state index contributed by atoms with van der Waals surface area (Å²) in [6.07, 6.45) is 4.88. The first kappa shape index (κ1) is 26.7. The number of nitro groups is 1. The van der Waals surface area contributed by atoms with Crippen LogP contribution in [0.25, 0.3) is 6.08 Å². The molecule has 0 aliphatic carbocycles. The second kappa shape index (κ2) is 12.6. The minimum absolute atomic E-state index is 0.138. The lowest BCUT2D eigenvalue weighted by molar-refractivity contribution is -0.384. The number of amides is 1. The molecule has 2 aromatic carbocycles. The lowest BCUT2D eigenvalue weighted by Crippen LogP contribution is -2.27. The van der Waals surface area contributed by atoms with Crippen molar-refractivity contribution in [3.8, 4) is 11.5 Å². The third-order valence-electron chi connectivity index (χ3n) is 4.49. The van der Waals surface area contributed by atoms with Gasteiger partial charge in [0.15, 0.2) is 21.3 Å². The fourth-order valence-electron chi connectivity index (χ4n) is 2.88. The Bertz CT molecular complexity index is 1150. The van der Waals surface area contributed by atoms with Gasteiger partial charge in [0.2, 0.25) is 5.91 Å². The van der Waals surface area contributed by atoms with Crippen molar-refractivity contribution in [3.63, 3.8) is 0 Å². The van der Waals surface area contributed by atoms with Crippen LogP contribution in [-0.2, 0) is 14.6 Å². The fourth-order valence-corrected chi connectivity index (χ4v) is 3.53. The van der Waals surface area contributed by atoms with Crippen molar-refractivity contribution in [1.82, 2.24) is 5.32 Å². The first-order valence-corrected chi connectivity index (χ1v) is 12.6. The molecule has 0 atom stereocenters. The predicted octanol–water partition coefficient (Wildman–Crippen LogP) is 3.43. The van der Waals surface area contributed by atoms with Crippen LogP contribution in [0, 0.1) is 10.1 Å². The molecule has 0 unspecified atom stereocenters. The normalized spacial score (nSPS) is 11.3. The van der Waals surface area contributed by atoms with Crippen molar-refractivity contribution < 1.29 is 27.6 Å². The Kier molecular flexibility index (Phi) is 9.87. The van der Waals surface area contributed by atoms with Crippen LogP contribution < -0.4 is 20.1 Å². The van der Waals surface area contributed by atoms with Gasteiger partial charge in [-0.3, -0.25) is 14.9 Å². The number of hydrogen-bond donors (Lipinski definition) is 2. The Morgan fingerprint density at radius 1 is 1.09 bits per heavy atom. The van der Waals surface area contributed by atoms with Crippen molar-refractivity contribution in [2.45, 2.75) is 25.2 Å². The van der Waals surface area contributed by atoms with Crippen LogP contribution in [0.4, 0.5) is 11.4 Å². The summed E-state index contributed by atoms with van der Waals surface area (Å²) in [7, 11) is -3.57. The quantitative estimate of drug-likeness (QED) is 0.188. The molecule has 1 amide bonds. The van der Waals surface area contributed by atoms with Crippen molar-refractivity contribution in [1.29, 1.82) is 0 Å². The summed E-state index contributed by atoms with van der Waals surface area (Å²) in [6, 6.07) is 9.04. The molecule has 184 valence electrons. The number of nitrogens with zero attached hydrogens (tertiary/aromatic N) is 1. The van der Waals surface area contributed by atoms with Crippen LogP contribution in [0.2, 0.25) is 0 Å². The smallest absolute Gasteiger partial charge is 0.293 e. The zero-order chi connectivity index (χ0) is 25.1. The summed E-state index contributed by atoms with van der Waals surface area (Å²) in [5, 5.41) is 16.8. The highest BCUT2D eigenvalue weighted by Gasteiger charge is 2.18. The minimum Gasteiger partial charge on any atom is -0.490 e. The zero-order valence-corrected chi connectivity index (χ0v) is 20.2. The van der Waals surface area contributed by atoms with Crippen LogP contribution in [0.15, 0.2) is 47.4 Å². The predicted molar refractivity (Wildman–Crippen MR) is 130 cm³/mol. The van der Waals surface area contributed by atoms with Gasteiger partial charge in [-0.1, -0.05) is 13.0 Å². The highest BCUT2D eigenvalue weighted by Crippen LogP contribution is 2.29.